The van der Waals surface area contributed by atoms with Gasteiger partial charge in [-0.05, 0) is 37.1 Å². The lowest BCUT2D eigenvalue weighted by Gasteiger charge is -2.20. The van der Waals surface area contributed by atoms with Crippen LogP contribution >= 0.6 is 0 Å². The summed E-state index contributed by atoms with van der Waals surface area (Å²) in [5, 5.41) is 9.28. The van der Waals surface area contributed by atoms with Crippen molar-refractivity contribution < 1.29 is 23.5 Å². The number of aliphatic hydroxyl groups excluding tert-OH is 1. The number of benzene rings is 2. The number of halogens is 2. The van der Waals surface area contributed by atoms with Gasteiger partial charge in [-0.1, -0.05) is 23.8 Å². The minimum absolute atomic E-state index is 0.0523. The molecule has 1 heterocycles. The van der Waals surface area contributed by atoms with Gasteiger partial charge in [-0.25, -0.2) is 13.7 Å². The van der Waals surface area contributed by atoms with Gasteiger partial charge in [0, 0.05) is 19.7 Å². The maximum atomic E-state index is 13.7. The first-order valence-corrected chi connectivity index (χ1v) is 8.74. The fourth-order valence-corrected chi connectivity index (χ4v) is 3.33. The first-order valence-electron chi connectivity index (χ1n) is 8.74. The van der Waals surface area contributed by atoms with Gasteiger partial charge in [0.2, 0.25) is 0 Å². The van der Waals surface area contributed by atoms with E-state index in [0.29, 0.717) is 5.56 Å². The molecule has 0 aromatic heterocycles. The molecule has 0 atom stereocenters. The Labute approximate surface area is 161 Å². The highest BCUT2D eigenvalue weighted by Crippen LogP contribution is 2.36. The molecule has 3 rings (SSSR count). The Hall–Kier alpha value is -3.06. The lowest BCUT2D eigenvalue weighted by Crippen LogP contribution is -2.35. The monoisotopic (exact) mass is 386 g/mol. The average molecular weight is 386 g/mol. The summed E-state index contributed by atoms with van der Waals surface area (Å²) in [5.74, 6) is -3.49. The molecule has 1 N–H and O–H groups in total. The Morgan fingerprint density at radius 3 is 2.32 bits per heavy atom. The minimum atomic E-state index is -1.15. The summed E-state index contributed by atoms with van der Waals surface area (Å²) < 4.78 is 27.0. The van der Waals surface area contributed by atoms with Crippen LogP contribution in [-0.4, -0.2) is 42.0 Å². The number of aliphatic hydroxyl groups is 1. The maximum Gasteiger partial charge on any atom is 0.282 e. The van der Waals surface area contributed by atoms with Crippen molar-refractivity contribution in [3.63, 3.8) is 0 Å². The van der Waals surface area contributed by atoms with E-state index in [9.17, 15) is 23.5 Å². The number of hydrogen-bond donors (Lipinski definition) is 1. The van der Waals surface area contributed by atoms with Gasteiger partial charge >= 0.3 is 0 Å². The fourth-order valence-electron chi connectivity index (χ4n) is 3.33. The van der Waals surface area contributed by atoms with Gasteiger partial charge in [0.05, 0.1) is 17.9 Å². The summed E-state index contributed by atoms with van der Waals surface area (Å²) in [7, 11) is 1.59. The number of anilines is 1. The van der Waals surface area contributed by atoms with Crippen LogP contribution in [0.1, 0.15) is 16.7 Å². The van der Waals surface area contributed by atoms with Gasteiger partial charge in [-0.15, -0.1) is 0 Å². The van der Waals surface area contributed by atoms with Crippen molar-refractivity contribution >= 4 is 23.1 Å². The smallest absolute Gasteiger partial charge is 0.282 e. The number of nitrogens with zero attached hydrogens (tertiary/aromatic N) is 2. The molecule has 7 heteroatoms. The molecule has 1 aliphatic rings. The third kappa shape index (κ3) is 3.29. The van der Waals surface area contributed by atoms with Crippen LogP contribution in [0.2, 0.25) is 0 Å². The number of aryl methyl sites for hydroxylation is 2. The van der Waals surface area contributed by atoms with Crippen molar-refractivity contribution in [2.75, 3.05) is 25.1 Å². The molecule has 0 saturated heterocycles. The van der Waals surface area contributed by atoms with Crippen LogP contribution in [0.5, 0.6) is 0 Å². The second-order valence-electron chi connectivity index (χ2n) is 6.73. The summed E-state index contributed by atoms with van der Waals surface area (Å²) >= 11 is 0. The third-order valence-electron chi connectivity index (χ3n) is 4.69. The fraction of sp³-hybridized carbons (Fsp3) is 0.238. The Kier molecular flexibility index (Phi) is 5.29. The quantitative estimate of drug-likeness (QED) is 0.803. The topological polar surface area (TPSA) is 60.9 Å². The second kappa shape index (κ2) is 7.52. The van der Waals surface area contributed by atoms with E-state index in [1.807, 2.05) is 26.0 Å². The molecule has 1 aliphatic heterocycles. The van der Waals surface area contributed by atoms with Gasteiger partial charge in [-0.2, -0.15) is 0 Å². The number of likely N-dealkylation sites (N-methyl/N-ethyl adjacent to an activating group) is 1. The molecule has 0 spiro atoms. The van der Waals surface area contributed by atoms with Crippen molar-refractivity contribution in [1.29, 1.82) is 0 Å². The van der Waals surface area contributed by atoms with Gasteiger partial charge < -0.3 is 10.0 Å². The van der Waals surface area contributed by atoms with E-state index < -0.39 is 23.4 Å². The van der Waals surface area contributed by atoms with E-state index in [1.54, 1.807) is 13.1 Å². The van der Waals surface area contributed by atoms with Crippen molar-refractivity contribution in [3.8, 4) is 0 Å². The molecular formula is C21H20F2N2O3. The molecule has 0 fully saturated rings. The van der Waals surface area contributed by atoms with E-state index in [0.717, 1.165) is 28.2 Å². The molecule has 0 unspecified atom stereocenters. The standard InChI is InChI=1S/C21H20F2N2O3/c1-12-4-6-15(13(2)10-12)18-19(24(3)8-9-26)21(28)25(20(18)27)14-5-7-16(22)17(23)11-14/h4-7,10-11,26H,8-9H2,1-3H3. The average Bonchev–Trinajstić information content (AvgIpc) is 2.88. The Morgan fingerprint density at radius 2 is 1.71 bits per heavy atom. The number of imide groups is 1. The van der Waals surface area contributed by atoms with Gasteiger partial charge in [0.25, 0.3) is 11.8 Å². The Bertz CT molecular complexity index is 1000. The predicted molar refractivity (Wildman–Crippen MR) is 101 cm³/mol. The zero-order valence-electron chi connectivity index (χ0n) is 15.8. The van der Waals surface area contributed by atoms with E-state index in [2.05, 4.69) is 0 Å². The molecule has 0 radical (unpaired) electrons. The largest absolute Gasteiger partial charge is 0.395 e. The summed E-state index contributed by atoms with van der Waals surface area (Å²) in [5.41, 5.74) is 2.61. The summed E-state index contributed by atoms with van der Waals surface area (Å²) in [6.07, 6.45) is 0. The van der Waals surface area contributed by atoms with Gasteiger partial charge in [-0.3, -0.25) is 9.59 Å². The molecule has 0 aliphatic carbocycles. The van der Waals surface area contributed by atoms with Crippen LogP contribution in [0.4, 0.5) is 14.5 Å². The molecule has 5 nitrogen and oxygen atoms in total. The number of carbonyl (C=O) groups is 2. The highest BCUT2D eigenvalue weighted by atomic mass is 19.2. The summed E-state index contributed by atoms with van der Waals surface area (Å²) in [4.78, 5) is 28.6. The Balaban J connectivity index is 2.18. The van der Waals surface area contributed by atoms with Crippen molar-refractivity contribution in [3.05, 3.63) is 70.4 Å². The third-order valence-corrected chi connectivity index (χ3v) is 4.69. The number of amides is 2. The molecule has 2 aromatic rings. The number of carbonyl (C=O) groups excluding carboxylic acids is 2. The predicted octanol–water partition coefficient (Wildman–Crippen LogP) is 2.79. The number of rotatable bonds is 5. The molecule has 0 bridgehead atoms. The maximum absolute atomic E-state index is 13.7. The second-order valence-corrected chi connectivity index (χ2v) is 6.73. The van der Waals surface area contributed by atoms with Crippen LogP contribution in [0.15, 0.2) is 42.1 Å². The summed E-state index contributed by atoms with van der Waals surface area (Å²) in [6.45, 7) is 3.66. The molecule has 146 valence electrons. The molecular weight excluding hydrogens is 366 g/mol. The lowest BCUT2D eigenvalue weighted by molar-refractivity contribution is -0.120. The van der Waals surface area contributed by atoms with Gasteiger partial charge in [0.1, 0.15) is 5.70 Å². The van der Waals surface area contributed by atoms with Crippen molar-refractivity contribution in [2.24, 2.45) is 0 Å². The van der Waals surface area contributed by atoms with E-state index >= 15 is 0 Å². The first kappa shape index (κ1) is 19.7. The molecule has 2 aromatic carbocycles. The minimum Gasteiger partial charge on any atom is -0.395 e. The van der Waals surface area contributed by atoms with Crippen LogP contribution in [-0.2, 0) is 9.59 Å². The molecule has 0 saturated carbocycles. The van der Waals surface area contributed by atoms with E-state index in [-0.39, 0.29) is 30.1 Å². The van der Waals surface area contributed by atoms with E-state index in [1.165, 1.54) is 11.0 Å². The number of hydrogen-bond acceptors (Lipinski definition) is 4. The molecule has 28 heavy (non-hydrogen) atoms. The zero-order valence-corrected chi connectivity index (χ0v) is 15.8. The highest BCUT2D eigenvalue weighted by Gasteiger charge is 2.42. The first-order chi connectivity index (χ1) is 13.3. The Morgan fingerprint density at radius 1 is 1.00 bits per heavy atom. The zero-order chi connectivity index (χ0) is 20.6. The van der Waals surface area contributed by atoms with Crippen molar-refractivity contribution in [1.82, 2.24) is 4.90 Å². The SMILES string of the molecule is Cc1ccc(C2=C(N(C)CCO)C(=O)N(c3ccc(F)c(F)c3)C2=O)c(C)c1. The van der Waals surface area contributed by atoms with Crippen LogP contribution in [0.3, 0.4) is 0 Å². The normalized spacial score (nSPS) is 14.3. The molecule has 2 amide bonds. The van der Waals surface area contributed by atoms with Gasteiger partial charge in [0.15, 0.2) is 11.6 Å². The van der Waals surface area contributed by atoms with Crippen molar-refractivity contribution in [2.45, 2.75) is 13.8 Å². The van der Waals surface area contributed by atoms with E-state index in [4.69, 9.17) is 0 Å². The summed E-state index contributed by atoms with van der Waals surface area (Å²) in [6, 6.07) is 8.35. The highest BCUT2D eigenvalue weighted by molar-refractivity contribution is 6.45. The van der Waals surface area contributed by atoms with Crippen LogP contribution < -0.4 is 4.90 Å². The van der Waals surface area contributed by atoms with Crippen LogP contribution in [0, 0.1) is 25.5 Å². The van der Waals surface area contributed by atoms with Crippen LogP contribution in [0.25, 0.3) is 5.57 Å². The lowest BCUT2D eigenvalue weighted by atomic mass is 9.97.